The molecule has 0 radical (unpaired) electrons. The Kier molecular flexibility index (Phi) is 10.9. The van der Waals surface area contributed by atoms with Gasteiger partial charge in [-0.3, -0.25) is 13.9 Å². The summed E-state index contributed by atoms with van der Waals surface area (Å²) in [5.41, 5.74) is 1.67. The molecule has 0 aliphatic heterocycles. The molecule has 3 rings (SSSR count). The van der Waals surface area contributed by atoms with Crippen molar-refractivity contribution in [1.82, 2.24) is 10.2 Å². The minimum atomic E-state index is -4.14. The second-order valence-corrected chi connectivity index (χ2v) is 11.6. The molecule has 1 unspecified atom stereocenters. The van der Waals surface area contributed by atoms with Crippen molar-refractivity contribution in [2.24, 2.45) is 0 Å². The smallest absolute Gasteiger partial charge is 0.264 e. The lowest BCUT2D eigenvalue weighted by atomic mass is 10.1. The second-order valence-electron chi connectivity index (χ2n) is 9.28. The summed E-state index contributed by atoms with van der Waals surface area (Å²) in [6, 6.07) is 21.5. The maximum absolute atomic E-state index is 14.0. The number of rotatable bonds is 13. The molecule has 0 spiro atoms. The number of amides is 2. The molecular formula is C30H36ClN3O4S. The number of hydrogen-bond donors (Lipinski definition) is 1. The van der Waals surface area contributed by atoms with E-state index in [4.69, 9.17) is 11.6 Å². The first-order valence-electron chi connectivity index (χ1n) is 13.1. The molecule has 0 fully saturated rings. The van der Waals surface area contributed by atoms with Crippen LogP contribution in [0, 0.1) is 6.92 Å². The first-order valence-corrected chi connectivity index (χ1v) is 15.0. The molecule has 2 amide bonds. The topological polar surface area (TPSA) is 86.8 Å². The zero-order chi connectivity index (χ0) is 28.4. The first-order chi connectivity index (χ1) is 18.7. The Morgan fingerprint density at radius 3 is 2.18 bits per heavy atom. The van der Waals surface area contributed by atoms with Crippen molar-refractivity contribution in [3.63, 3.8) is 0 Å². The van der Waals surface area contributed by atoms with Crippen molar-refractivity contribution in [3.8, 4) is 0 Å². The lowest BCUT2D eigenvalue weighted by Crippen LogP contribution is -2.52. The van der Waals surface area contributed by atoms with Gasteiger partial charge >= 0.3 is 0 Å². The Hall–Kier alpha value is -3.36. The van der Waals surface area contributed by atoms with E-state index in [1.54, 1.807) is 43.3 Å². The van der Waals surface area contributed by atoms with Gasteiger partial charge < -0.3 is 10.2 Å². The van der Waals surface area contributed by atoms with E-state index in [1.807, 2.05) is 44.2 Å². The number of nitrogens with one attached hydrogen (secondary N) is 1. The van der Waals surface area contributed by atoms with Crippen molar-refractivity contribution in [1.29, 1.82) is 0 Å². The molecular weight excluding hydrogens is 534 g/mol. The van der Waals surface area contributed by atoms with E-state index in [-0.39, 0.29) is 17.3 Å². The first kappa shape index (κ1) is 30.2. The lowest BCUT2D eigenvalue weighted by Gasteiger charge is -2.33. The molecule has 0 aromatic heterocycles. The molecule has 0 aliphatic carbocycles. The van der Waals surface area contributed by atoms with Gasteiger partial charge in [0.05, 0.1) is 10.6 Å². The molecule has 208 valence electrons. The van der Waals surface area contributed by atoms with Crippen LogP contribution < -0.4 is 9.62 Å². The predicted octanol–water partition coefficient (Wildman–Crippen LogP) is 5.57. The van der Waals surface area contributed by atoms with Gasteiger partial charge in [0.2, 0.25) is 11.8 Å². The monoisotopic (exact) mass is 569 g/mol. The Morgan fingerprint density at radius 1 is 0.923 bits per heavy atom. The van der Waals surface area contributed by atoms with Gasteiger partial charge in [-0.1, -0.05) is 86.5 Å². The van der Waals surface area contributed by atoms with Crippen LogP contribution in [-0.4, -0.2) is 44.3 Å². The average molecular weight is 570 g/mol. The van der Waals surface area contributed by atoms with Crippen LogP contribution in [0.2, 0.25) is 5.02 Å². The van der Waals surface area contributed by atoms with E-state index in [1.165, 1.54) is 17.0 Å². The normalized spacial score (nSPS) is 12.0. The highest BCUT2D eigenvalue weighted by Gasteiger charge is 2.34. The maximum Gasteiger partial charge on any atom is 0.264 e. The third-order valence-corrected chi connectivity index (χ3v) is 8.71. The molecule has 3 aromatic rings. The third-order valence-electron chi connectivity index (χ3n) is 6.53. The summed E-state index contributed by atoms with van der Waals surface area (Å²) in [6.07, 6.45) is 2.12. The zero-order valence-electron chi connectivity index (χ0n) is 22.6. The van der Waals surface area contributed by atoms with Gasteiger partial charge in [0.15, 0.2) is 0 Å². The standard InChI is InChI=1S/C30H36ClN3O4S/c1-4-6-20-32-30(36)27(5-2)33(21-24-14-9-7-10-15-24)29(35)22-34(28-19-13-18-26(31)23(28)3)39(37,38)25-16-11-8-12-17-25/h7-19,27H,4-6,20-22H2,1-3H3,(H,32,36). The fourth-order valence-electron chi connectivity index (χ4n) is 4.31. The van der Waals surface area contributed by atoms with Crippen LogP contribution >= 0.6 is 11.6 Å². The van der Waals surface area contributed by atoms with E-state index < -0.39 is 28.5 Å². The van der Waals surface area contributed by atoms with Gasteiger partial charge in [-0.25, -0.2) is 8.42 Å². The van der Waals surface area contributed by atoms with E-state index in [0.29, 0.717) is 29.2 Å². The molecule has 9 heteroatoms. The van der Waals surface area contributed by atoms with Gasteiger partial charge in [-0.2, -0.15) is 0 Å². The summed E-state index contributed by atoms with van der Waals surface area (Å²) in [5.74, 6) is -0.748. The van der Waals surface area contributed by atoms with Crippen molar-refractivity contribution in [2.75, 3.05) is 17.4 Å². The SMILES string of the molecule is CCCCNC(=O)C(CC)N(Cc1ccccc1)C(=O)CN(c1cccc(Cl)c1C)S(=O)(=O)c1ccccc1. The summed E-state index contributed by atoms with van der Waals surface area (Å²) >= 11 is 6.37. The summed E-state index contributed by atoms with van der Waals surface area (Å²) in [6.45, 7) is 5.77. The number of carbonyl (C=O) groups excluding carboxylic acids is 2. The molecule has 1 atom stereocenters. The molecule has 0 bridgehead atoms. The van der Waals surface area contributed by atoms with Gasteiger partial charge in [-0.05, 0) is 55.2 Å². The average Bonchev–Trinajstić information content (AvgIpc) is 2.94. The highest BCUT2D eigenvalue weighted by atomic mass is 35.5. The zero-order valence-corrected chi connectivity index (χ0v) is 24.2. The fraction of sp³-hybridized carbons (Fsp3) is 0.333. The largest absolute Gasteiger partial charge is 0.354 e. The lowest BCUT2D eigenvalue weighted by molar-refractivity contribution is -0.140. The number of sulfonamides is 1. The van der Waals surface area contributed by atoms with Crippen LogP contribution in [0.3, 0.4) is 0 Å². The number of unbranched alkanes of at least 4 members (excludes halogenated alkanes) is 1. The van der Waals surface area contributed by atoms with Crippen LogP contribution in [0.5, 0.6) is 0 Å². The number of anilines is 1. The van der Waals surface area contributed by atoms with Crippen LogP contribution in [0.15, 0.2) is 83.8 Å². The number of halogens is 1. The molecule has 0 saturated carbocycles. The maximum atomic E-state index is 14.0. The molecule has 39 heavy (non-hydrogen) atoms. The Morgan fingerprint density at radius 2 is 1.56 bits per heavy atom. The van der Waals surface area contributed by atoms with Crippen molar-refractivity contribution >= 4 is 39.1 Å². The van der Waals surface area contributed by atoms with Gasteiger partial charge in [0, 0.05) is 18.1 Å². The minimum absolute atomic E-state index is 0.0520. The van der Waals surface area contributed by atoms with Gasteiger partial charge in [-0.15, -0.1) is 0 Å². The van der Waals surface area contributed by atoms with E-state index in [0.717, 1.165) is 22.7 Å². The molecule has 1 N–H and O–H groups in total. The van der Waals surface area contributed by atoms with Gasteiger partial charge in [0.25, 0.3) is 10.0 Å². The highest BCUT2D eigenvalue weighted by Crippen LogP contribution is 2.31. The number of hydrogen-bond acceptors (Lipinski definition) is 4. The quantitative estimate of drug-likeness (QED) is 0.273. The second kappa shape index (κ2) is 14.1. The molecule has 3 aromatic carbocycles. The van der Waals surface area contributed by atoms with Crippen molar-refractivity contribution in [2.45, 2.75) is 57.5 Å². The number of nitrogens with zero attached hydrogens (tertiary/aromatic N) is 2. The van der Waals surface area contributed by atoms with Crippen LogP contribution in [0.25, 0.3) is 0 Å². The predicted molar refractivity (Wildman–Crippen MR) is 156 cm³/mol. The van der Waals surface area contributed by atoms with Crippen molar-refractivity contribution in [3.05, 3.63) is 95.0 Å². The summed E-state index contributed by atoms with van der Waals surface area (Å²) in [5, 5.41) is 3.32. The van der Waals surface area contributed by atoms with Crippen LogP contribution in [-0.2, 0) is 26.2 Å². The Bertz CT molecular complexity index is 1350. The van der Waals surface area contributed by atoms with E-state index in [2.05, 4.69) is 5.32 Å². The van der Waals surface area contributed by atoms with E-state index in [9.17, 15) is 18.0 Å². The van der Waals surface area contributed by atoms with Gasteiger partial charge in [0.1, 0.15) is 12.6 Å². The van der Waals surface area contributed by atoms with Crippen LogP contribution in [0.4, 0.5) is 5.69 Å². The number of benzene rings is 3. The van der Waals surface area contributed by atoms with Crippen molar-refractivity contribution < 1.29 is 18.0 Å². The molecule has 7 nitrogen and oxygen atoms in total. The number of carbonyl (C=O) groups is 2. The molecule has 0 heterocycles. The Labute approximate surface area is 236 Å². The third kappa shape index (κ3) is 7.61. The molecule has 0 saturated heterocycles. The molecule has 0 aliphatic rings. The minimum Gasteiger partial charge on any atom is -0.354 e. The van der Waals surface area contributed by atoms with Crippen LogP contribution in [0.1, 0.15) is 44.2 Å². The van der Waals surface area contributed by atoms with E-state index >= 15 is 0 Å². The summed E-state index contributed by atoms with van der Waals surface area (Å²) in [7, 11) is -4.14. The summed E-state index contributed by atoms with van der Waals surface area (Å²) in [4.78, 5) is 28.8. The Balaban J connectivity index is 2.05. The fourth-order valence-corrected chi connectivity index (χ4v) is 5.97. The summed E-state index contributed by atoms with van der Waals surface area (Å²) < 4.78 is 28.9. The highest BCUT2D eigenvalue weighted by molar-refractivity contribution is 7.92.